The van der Waals surface area contributed by atoms with Gasteiger partial charge in [0.2, 0.25) is 0 Å². The van der Waals surface area contributed by atoms with Crippen molar-refractivity contribution >= 4 is 0 Å². The van der Waals surface area contributed by atoms with E-state index in [0.717, 1.165) is 38.5 Å². The highest BCUT2D eigenvalue weighted by atomic mass is 16.3. The van der Waals surface area contributed by atoms with E-state index in [0.29, 0.717) is 0 Å². The molecule has 0 spiro atoms. The molecular weight excluding hydrogens is 380 g/mol. The Morgan fingerprint density at radius 2 is 1.29 bits per heavy atom. The Morgan fingerprint density at radius 3 is 1.87 bits per heavy atom. The molecule has 3 aromatic rings. The molecule has 0 aromatic heterocycles. The maximum absolute atomic E-state index is 9.23. The molecule has 3 rings (SSSR count). The summed E-state index contributed by atoms with van der Waals surface area (Å²) in [4.78, 5) is 0. The van der Waals surface area contributed by atoms with E-state index < -0.39 is 0 Å². The molecule has 0 aliphatic rings. The largest absolute Gasteiger partial charge is 0.396 e. The molecule has 0 heterocycles. The highest BCUT2D eigenvalue weighted by Crippen LogP contribution is 2.27. The summed E-state index contributed by atoms with van der Waals surface area (Å²) in [6.07, 6.45) is 5.98. The van der Waals surface area contributed by atoms with Crippen LogP contribution in [0.4, 0.5) is 0 Å². The van der Waals surface area contributed by atoms with Crippen molar-refractivity contribution in [2.24, 2.45) is 5.92 Å². The van der Waals surface area contributed by atoms with Crippen LogP contribution in [-0.2, 0) is 25.7 Å². The zero-order valence-corrected chi connectivity index (χ0v) is 19.0. The highest BCUT2D eigenvalue weighted by Gasteiger charge is 2.08. The smallest absolute Gasteiger partial charge is 0.0481 e. The quantitative estimate of drug-likeness (QED) is 0.406. The van der Waals surface area contributed by atoms with E-state index in [1.165, 1.54) is 38.9 Å². The zero-order chi connectivity index (χ0) is 22.1. The molecule has 31 heavy (non-hydrogen) atoms. The predicted molar refractivity (Wildman–Crippen MR) is 130 cm³/mol. The number of aliphatic hydroxyl groups is 2. The van der Waals surface area contributed by atoms with E-state index in [1.54, 1.807) is 0 Å². The van der Waals surface area contributed by atoms with E-state index in [1.807, 2.05) is 0 Å². The third kappa shape index (κ3) is 6.78. The van der Waals surface area contributed by atoms with Crippen molar-refractivity contribution in [3.8, 4) is 11.1 Å². The van der Waals surface area contributed by atoms with Crippen LogP contribution < -0.4 is 0 Å². The Labute approximate surface area is 187 Å². The monoisotopic (exact) mass is 416 g/mol. The normalized spacial score (nSPS) is 11.3. The molecule has 3 aromatic carbocycles. The van der Waals surface area contributed by atoms with Crippen molar-refractivity contribution in [3.05, 3.63) is 94.5 Å². The lowest BCUT2D eigenvalue weighted by Crippen LogP contribution is -2.11. The summed E-state index contributed by atoms with van der Waals surface area (Å²) in [6.45, 7) is 4.48. The molecule has 0 amide bonds. The molecule has 0 radical (unpaired) electrons. The number of hydrogen-bond acceptors (Lipinski definition) is 2. The molecule has 0 bridgehead atoms. The Kier molecular flexibility index (Phi) is 8.87. The molecule has 0 aliphatic carbocycles. The fourth-order valence-corrected chi connectivity index (χ4v) is 4.11. The lowest BCUT2D eigenvalue weighted by atomic mass is 9.93. The molecule has 2 nitrogen and oxygen atoms in total. The van der Waals surface area contributed by atoms with Crippen LogP contribution in [0.5, 0.6) is 0 Å². The highest BCUT2D eigenvalue weighted by molar-refractivity contribution is 5.68. The first-order chi connectivity index (χ1) is 15.1. The van der Waals surface area contributed by atoms with Gasteiger partial charge in [0.1, 0.15) is 0 Å². The Balaban J connectivity index is 1.62. The molecule has 0 atom stereocenters. The summed E-state index contributed by atoms with van der Waals surface area (Å²) in [5, 5.41) is 18.5. The Hall–Kier alpha value is -2.42. The number of benzene rings is 3. The summed E-state index contributed by atoms with van der Waals surface area (Å²) >= 11 is 0. The minimum atomic E-state index is 0.00874. The molecule has 0 saturated carbocycles. The lowest BCUT2D eigenvalue weighted by molar-refractivity contribution is 0.142. The van der Waals surface area contributed by atoms with E-state index in [4.69, 9.17) is 0 Å². The number of aliphatic hydroxyl groups excluding tert-OH is 2. The van der Waals surface area contributed by atoms with Gasteiger partial charge in [0.05, 0.1) is 0 Å². The second-order valence-corrected chi connectivity index (χ2v) is 8.65. The van der Waals surface area contributed by atoms with Crippen molar-refractivity contribution in [1.82, 2.24) is 0 Å². The van der Waals surface area contributed by atoms with Gasteiger partial charge in [0, 0.05) is 19.1 Å². The van der Waals surface area contributed by atoms with Gasteiger partial charge < -0.3 is 10.2 Å². The van der Waals surface area contributed by atoms with E-state index in [9.17, 15) is 10.2 Å². The van der Waals surface area contributed by atoms with Gasteiger partial charge in [-0.2, -0.15) is 0 Å². The third-order valence-electron chi connectivity index (χ3n) is 6.23. The average Bonchev–Trinajstić information content (AvgIpc) is 2.82. The topological polar surface area (TPSA) is 40.5 Å². The van der Waals surface area contributed by atoms with Crippen LogP contribution in [0.3, 0.4) is 0 Å². The predicted octanol–water partition coefficient (Wildman–Crippen LogP) is 5.93. The fourth-order valence-electron chi connectivity index (χ4n) is 4.11. The zero-order valence-electron chi connectivity index (χ0n) is 19.0. The van der Waals surface area contributed by atoms with Crippen molar-refractivity contribution in [3.63, 3.8) is 0 Å². The second-order valence-electron chi connectivity index (χ2n) is 8.65. The molecular formula is C29H36O2. The van der Waals surface area contributed by atoms with Gasteiger partial charge in [-0.15, -0.1) is 0 Å². The minimum absolute atomic E-state index is 0.00874. The Bertz CT molecular complexity index is 922. The van der Waals surface area contributed by atoms with Gasteiger partial charge in [-0.1, -0.05) is 79.2 Å². The van der Waals surface area contributed by atoms with Crippen molar-refractivity contribution in [1.29, 1.82) is 0 Å². The van der Waals surface area contributed by atoms with Crippen molar-refractivity contribution in [2.75, 3.05) is 13.2 Å². The van der Waals surface area contributed by atoms with Gasteiger partial charge in [0.25, 0.3) is 0 Å². The molecule has 2 heteroatoms. The van der Waals surface area contributed by atoms with Crippen LogP contribution in [0, 0.1) is 12.8 Å². The summed E-state index contributed by atoms with van der Waals surface area (Å²) in [5.41, 5.74) is 9.40. The summed E-state index contributed by atoms with van der Waals surface area (Å²) in [5.74, 6) is 0.00874. The average molecular weight is 417 g/mol. The van der Waals surface area contributed by atoms with E-state index in [-0.39, 0.29) is 19.1 Å². The van der Waals surface area contributed by atoms with Gasteiger partial charge in [0.15, 0.2) is 0 Å². The molecule has 164 valence electrons. The van der Waals surface area contributed by atoms with Crippen LogP contribution >= 0.6 is 0 Å². The first-order valence-corrected chi connectivity index (χ1v) is 11.6. The van der Waals surface area contributed by atoms with Crippen LogP contribution in [0.25, 0.3) is 11.1 Å². The second kappa shape index (κ2) is 11.8. The van der Waals surface area contributed by atoms with Gasteiger partial charge in [-0.25, -0.2) is 0 Å². The summed E-state index contributed by atoms with van der Waals surface area (Å²) in [7, 11) is 0. The van der Waals surface area contributed by atoms with Crippen molar-refractivity contribution < 1.29 is 10.2 Å². The van der Waals surface area contributed by atoms with Crippen molar-refractivity contribution in [2.45, 2.75) is 52.4 Å². The van der Waals surface area contributed by atoms with Crippen LogP contribution in [-0.4, -0.2) is 23.4 Å². The maximum atomic E-state index is 9.23. The summed E-state index contributed by atoms with van der Waals surface area (Å²) < 4.78 is 0. The van der Waals surface area contributed by atoms with Gasteiger partial charge >= 0.3 is 0 Å². The minimum Gasteiger partial charge on any atom is -0.396 e. The van der Waals surface area contributed by atoms with Crippen LogP contribution in [0.2, 0.25) is 0 Å². The third-order valence-corrected chi connectivity index (χ3v) is 6.23. The van der Waals surface area contributed by atoms with E-state index >= 15 is 0 Å². The summed E-state index contributed by atoms with van der Waals surface area (Å²) in [6, 6.07) is 24.7. The van der Waals surface area contributed by atoms with Gasteiger partial charge in [-0.3, -0.25) is 0 Å². The maximum Gasteiger partial charge on any atom is 0.0481 e. The Morgan fingerprint density at radius 1 is 0.710 bits per heavy atom. The number of aryl methyl sites for hydroxylation is 5. The standard InChI is InChI=1S/C29H36O2/c1-3-27-19-25(5-4-6-26(20-30)21-31)15-18-29(27)28-16-13-24(14-17-28)12-11-23-9-7-22(2)8-10-23/h7-10,13-19,26,30-31H,3-6,11-12,20-21H2,1-2H3. The lowest BCUT2D eigenvalue weighted by Gasteiger charge is -2.13. The van der Waals surface area contributed by atoms with E-state index in [2.05, 4.69) is 80.6 Å². The number of rotatable bonds is 11. The molecule has 0 fully saturated rings. The SMILES string of the molecule is CCc1cc(CCCC(CO)CO)ccc1-c1ccc(CCc2ccc(C)cc2)cc1. The molecule has 0 aliphatic heterocycles. The number of hydrogen-bond donors (Lipinski definition) is 2. The fraction of sp³-hybridized carbons (Fsp3) is 0.379. The molecule has 0 unspecified atom stereocenters. The van der Waals surface area contributed by atoms with Gasteiger partial charge in [-0.05, 0) is 78.8 Å². The van der Waals surface area contributed by atoms with Crippen LogP contribution in [0.1, 0.15) is 47.6 Å². The first kappa shape index (κ1) is 23.2. The molecule has 2 N–H and O–H groups in total. The van der Waals surface area contributed by atoms with Crippen LogP contribution in [0.15, 0.2) is 66.7 Å². The molecule has 0 saturated heterocycles. The first-order valence-electron chi connectivity index (χ1n) is 11.6.